The zero-order valence-electron chi connectivity index (χ0n) is 22.0. The predicted molar refractivity (Wildman–Crippen MR) is 141 cm³/mol. The quantitative estimate of drug-likeness (QED) is 0.501. The largest absolute Gasteiger partial charge is 0.493 e. The Bertz CT molecular complexity index is 1380. The highest BCUT2D eigenvalue weighted by atomic mass is 16.5. The molecule has 0 fully saturated rings. The van der Waals surface area contributed by atoms with Crippen molar-refractivity contribution in [3.8, 4) is 28.7 Å². The van der Waals surface area contributed by atoms with Crippen LogP contribution in [0.5, 0.6) is 28.7 Å². The van der Waals surface area contributed by atoms with E-state index in [0.29, 0.717) is 58.5 Å². The van der Waals surface area contributed by atoms with E-state index in [4.69, 9.17) is 23.7 Å². The van der Waals surface area contributed by atoms with Crippen LogP contribution in [0.15, 0.2) is 48.5 Å². The van der Waals surface area contributed by atoms with E-state index in [9.17, 15) is 9.59 Å². The van der Waals surface area contributed by atoms with Gasteiger partial charge in [-0.25, -0.2) is 0 Å². The molecule has 2 atom stereocenters. The molecule has 38 heavy (non-hydrogen) atoms. The normalized spacial score (nSPS) is 17.5. The topological polar surface area (TPSA) is 95.6 Å². The third-order valence-electron chi connectivity index (χ3n) is 7.24. The van der Waals surface area contributed by atoms with Crippen molar-refractivity contribution in [1.29, 1.82) is 0 Å². The van der Waals surface area contributed by atoms with Gasteiger partial charge in [-0.05, 0) is 35.2 Å². The van der Waals surface area contributed by atoms with Crippen LogP contribution in [-0.2, 0) is 11.2 Å². The maximum Gasteiger partial charge on any atom is 0.254 e. The zero-order valence-corrected chi connectivity index (χ0v) is 22.0. The summed E-state index contributed by atoms with van der Waals surface area (Å²) in [5.41, 5.74) is 3.55. The Labute approximate surface area is 221 Å². The van der Waals surface area contributed by atoms with Crippen LogP contribution < -0.4 is 29.0 Å². The number of carbonyl (C=O) groups is 2. The van der Waals surface area contributed by atoms with Crippen LogP contribution in [-0.4, -0.2) is 58.8 Å². The average molecular weight is 519 g/mol. The number of benzene rings is 3. The van der Waals surface area contributed by atoms with Gasteiger partial charge in [-0.1, -0.05) is 24.3 Å². The Kier molecular flexibility index (Phi) is 6.75. The second-order valence-electron chi connectivity index (χ2n) is 9.07. The highest BCUT2D eigenvalue weighted by molar-refractivity contribution is 6.05. The lowest BCUT2D eigenvalue weighted by molar-refractivity contribution is -0.119. The molecule has 5 rings (SSSR count). The van der Waals surface area contributed by atoms with Crippen molar-refractivity contribution in [1.82, 2.24) is 4.90 Å². The first kappa shape index (κ1) is 25.3. The van der Waals surface area contributed by atoms with Crippen molar-refractivity contribution in [2.45, 2.75) is 18.4 Å². The van der Waals surface area contributed by atoms with Crippen LogP contribution in [0.1, 0.15) is 39.0 Å². The lowest BCUT2D eigenvalue weighted by Gasteiger charge is -2.45. The van der Waals surface area contributed by atoms with Crippen molar-refractivity contribution in [2.75, 3.05) is 47.4 Å². The molecule has 9 heteroatoms. The van der Waals surface area contributed by atoms with Crippen molar-refractivity contribution in [3.63, 3.8) is 0 Å². The smallest absolute Gasteiger partial charge is 0.254 e. The van der Waals surface area contributed by atoms with Gasteiger partial charge >= 0.3 is 0 Å². The molecule has 2 heterocycles. The number of anilines is 1. The van der Waals surface area contributed by atoms with Crippen molar-refractivity contribution >= 4 is 17.5 Å². The molecule has 3 aromatic rings. The number of nitrogens with zero attached hydrogens (tertiary/aromatic N) is 1. The number of rotatable bonds is 7. The number of methoxy groups -OCH3 is 5. The number of ether oxygens (including phenoxy) is 5. The summed E-state index contributed by atoms with van der Waals surface area (Å²) in [6, 6.07) is 14.2. The zero-order chi connectivity index (χ0) is 27.0. The molecule has 0 saturated carbocycles. The van der Waals surface area contributed by atoms with E-state index in [2.05, 4.69) is 11.4 Å². The minimum atomic E-state index is -0.719. The van der Waals surface area contributed by atoms with E-state index in [1.54, 1.807) is 29.2 Å². The van der Waals surface area contributed by atoms with Crippen LogP contribution in [0.2, 0.25) is 0 Å². The van der Waals surface area contributed by atoms with E-state index in [1.807, 2.05) is 18.2 Å². The van der Waals surface area contributed by atoms with Crippen LogP contribution in [0, 0.1) is 0 Å². The molecule has 2 aliphatic rings. The number of fused-ring (bicyclic) bond motifs is 4. The molecule has 198 valence electrons. The molecule has 0 aliphatic carbocycles. The molecule has 9 nitrogen and oxygen atoms in total. The van der Waals surface area contributed by atoms with E-state index in [0.717, 1.165) is 11.1 Å². The van der Waals surface area contributed by atoms with Gasteiger partial charge in [-0.3, -0.25) is 9.59 Å². The fourth-order valence-electron chi connectivity index (χ4n) is 5.51. The van der Waals surface area contributed by atoms with Crippen LogP contribution in [0.3, 0.4) is 0 Å². The molecule has 0 spiro atoms. The standard InChI is InChI=1S/C29H30N2O7/c1-34-21-14-19-20(15-22(21)35-2)29(33)31-11-10-16-8-6-7-9-18(16)26(31)25(19)28(32)30-17-12-23(36-3)27(38-5)24(13-17)37-4/h6-9,12-15,25-26H,10-11H2,1-5H3,(H,30,32)/t25-,26+/m1/s1. The first-order chi connectivity index (χ1) is 18.4. The first-order valence-corrected chi connectivity index (χ1v) is 12.2. The van der Waals surface area contributed by atoms with Gasteiger partial charge < -0.3 is 33.9 Å². The Morgan fingerprint density at radius 2 is 1.45 bits per heavy atom. The highest BCUT2D eigenvalue weighted by Gasteiger charge is 2.47. The Morgan fingerprint density at radius 1 is 0.816 bits per heavy atom. The predicted octanol–water partition coefficient (Wildman–Crippen LogP) is 4.21. The SMILES string of the molecule is COc1cc2c(cc1OC)[C@@H](C(=O)Nc1cc(OC)c(OC)c(OC)c1)[C@@H]1c3ccccc3CCN1C2=O. The number of amides is 2. The summed E-state index contributed by atoms with van der Waals surface area (Å²) in [6.07, 6.45) is 0.711. The summed E-state index contributed by atoms with van der Waals surface area (Å²) in [6.45, 7) is 0.502. The van der Waals surface area contributed by atoms with Gasteiger partial charge in [0.05, 0.1) is 47.5 Å². The summed E-state index contributed by atoms with van der Waals surface area (Å²) in [7, 11) is 7.60. The minimum Gasteiger partial charge on any atom is -0.493 e. The highest BCUT2D eigenvalue weighted by Crippen LogP contribution is 2.49. The lowest BCUT2D eigenvalue weighted by Crippen LogP contribution is -2.49. The van der Waals surface area contributed by atoms with E-state index in [1.165, 1.54) is 35.5 Å². The molecule has 0 saturated heterocycles. The van der Waals surface area contributed by atoms with Crippen molar-refractivity contribution in [3.05, 3.63) is 70.8 Å². The Balaban J connectivity index is 1.66. The molecule has 0 unspecified atom stereocenters. The molecule has 2 amide bonds. The van der Waals surface area contributed by atoms with Gasteiger partial charge in [0.1, 0.15) is 0 Å². The summed E-state index contributed by atoms with van der Waals surface area (Å²) < 4.78 is 27.4. The molecular formula is C29H30N2O7. The van der Waals surface area contributed by atoms with E-state index in [-0.39, 0.29) is 11.8 Å². The van der Waals surface area contributed by atoms with Crippen molar-refractivity contribution in [2.24, 2.45) is 0 Å². The number of hydrogen-bond acceptors (Lipinski definition) is 7. The fourth-order valence-corrected chi connectivity index (χ4v) is 5.51. The maximum atomic E-state index is 14.2. The molecule has 3 aromatic carbocycles. The molecule has 0 bridgehead atoms. The lowest BCUT2D eigenvalue weighted by atomic mass is 9.75. The molecule has 0 radical (unpaired) electrons. The van der Waals surface area contributed by atoms with Gasteiger partial charge in [0.15, 0.2) is 23.0 Å². The summed E-state index contributed by atoms with van der Waals surface area (Å²) >= 11 is 0. The fraction of sp³-hybridized carbons (Fsp3) is 0.310. The van der Waals surface area contributed by atoms with E-state index >= 15 is 0 Å². The Morgan fingerprint density at radius 3 is 2.08 bits per heavy atom. The summed E-state index contributed by atoms with van der Waals surface area (Å²) in [5.74, 6) is 0.981. The second-order valence-corrected chi connectivity index (χ2v) is 9.07. The van der Waals surface area contributed by atoms with Crippen LogP contribution in [0.4, 0.5) is 5.69 Å². The number of hydrogen-bond donors (Lipinski definition) is 1. The molecular weight excluding hydrogens is 488 g/mol. The Hall–Kier alpha value is -4.40. The van der Waals surface area contributed by atoms with Gasteiger partial charge in [-0.2, -0.15) is 0 Å². The van der Waals surface area contributed by atoms with Gasteiger partial charge in [-0.15, -0.1) is 0 Å². The number of nitrogens with one attached hydrogen (secondary N) is 1. The third kappa shape index (κ3) is 4.04. The minimum absolute atomic E-state index is 0.141. The first-order valence-electron chi connectivity index (χ1n) is 12.2. The number of carbonyl (C=O) groups excluding carboxylic acids is 2. The van der Waals surface area contributed by atoms with Crippen LogP contribution in [0.25, 0.3) is 0 Å². The summed E-state index contributed by atoms with van der Waals surface area (Å²) in [5, 5.41) is 3.03. The van der Waals surface area contributed by atoms with E-state index < -0.39 is 12.0 Å². The van der Waals surface area contributed by atoms with Crippen LogP contribution >= 0.6 is 0 Å². The second kappa shape index (κ2) is 10.2. The summed E-state index contributed by atoms with van der Waals surface area (Å²) in [4.78, 5) is 29.7. The maximum absolute atomic E-state index is 14.2. The van der Waals surface area contributed by atoms with Gasteiger partial charge in [0, 0.05) is 29.9 Å². The van der Waals surface area contributed by atoms with Gasteiger partial charge in [0.25, 0.3) is 5.91 Å². The third-order valence-corrected chi connectivity index (χ3v) is 7.24. The molecule has 2 aliphatic heterocycles. The molecule has 0 aromatic heterocycles. The average Bonchev–Trinajstić information content (AvgIpc) is 2.95. The monoisotopic (exact) mass is 518 g/mol. The van der Waals surface area contributed by atoms with Gasteiger partial charge in [0.2, 0.25) is 11.7 Å². The molecule has 1 N–H and O–H groups in total. The van der Waals surface area contributed by atoms with Crippen molar-refractivity contribution < 1.29 is 33.3 Å².